The van der Waals surface area contributed by atoms with E-state index in [9.17, 15) is 9.59 Å². The van der Waals surface area contributed by atoms with Gasteiger partial charge >= 0.3 is 6.09 Å². The number of pyridine rings is 1. The highest BCUT2D eigenvalue weighted by Crippen LogP contribution is 2.35. The van der Waals surface area contributed by atoms with E-state index in [0.717, 1.165) is 37.7 Å². The highest BCUT2D eigenvalue weighted by molar-refractivity contribution is 6.05. The highest BCUT2D eigenvalue weighted by atomic mass is 16.6. The van der Waals surface area contributed by atoms with Crippen LogP contribution < -0.4 is 15.0 Å². The number of ether oxygens (including phenoxy) is 2. The van der Waals surface area contributed by atoms with Crippen LogP contribution in [-0.4, -0.2) is 58.1 Å². The molecule has 3 aromatic rings. The fourth-order valence-corrected chi connectivity index (χ4v) is 6.50. The van der Waals surface area contributed by atoms with Gasteiger partial charge in [-0.1, -0.05) is 76.4 Å². The van der Waals surface area contributed by atoms with Crippen molar-refractivity contribution in [3.8, 4) is 5.75 Å². The van der Waals surface area contributed by atoms with Crippen LogP contribution in [0.3, 0.4) is 0 Å². The third-order valence-corrected chi connectivity index (χ3v) is 8.93. The van der Waals surface area contributed by atoms with Crippen LogP contribution in [0.2, 0.25) is 0 Å². The molecule has 0 spiro atoms. The van der Waals surface area contributed by atoms with Gasteiger partial charge in [-0.3, -0.25) is 24.4 Å². The molecular formula is C39H50N4O5. The summed E-state index contributed by atoms with van der Waals surface area (Å²) in [6.45, 7) is 11.9. The van der Waals surface area contributed by atoms with Gasteiger partial charge in [-0.15, -0.1) is 0 Å². The van der Waals surface area contributed by atoms with E-state index < -0.39 is 35.8 Å². The van der Waals surface area contributed by atoms with Gasteiger partial charge in [-0.05, 0) is 74.9 Å². The number of amides is 3. The second-order valence-corrected chi connectivity index (χ2v) is 15.0. The molecule has 2 aliphatic rings. The SMILES string of the molecule is CC(C)(C)OC(=O)N1CC(Oc2ccccc2)CC1C(=O)N(c1ccc(C(C)(C)C)cc1)C(C(=O)NC1CCCCC1)c1cccnc1. The molecule has 2 aromatic carbocycles. The summed E-state index contributed by atoms with van der Waals surface area (Å²) in [4.78, 5) is 50.6. The summed E-state index contributed by atoms with van der Waals surface area (Å²) < 4.78 is 12.1. The first kappa shape index (κ1) is 34.9. The van der Waals surface area contributed by atoms with Crippen molar-refractivity contribution in [1.29, 1.82) is 0 Å². The highest BCUT2D eigenvalue weighted by Gasteiger charge is 2.47. The van der Waals surface area contributed by atoms with E-state index in [1.165, 1.54) is 4.90 Å². The van der Waals surface area contributed by atoms with Crippen molar-refractivity contribution in [2.75, 3.05) is 11.4 Å². The normalized spacial score (nSPS) is 19.3. The van der Waals surface area contributed by atoms with Crippen LogP contribution in [0, 0.1) is 0 Å². The maximum absolute atomic E-state index is 15.1. The van der Waals surface area contributed by atoms with E-state index in [1.54, 1.807) is 44.1 Å². The van der Waals surface area contributed by atoms with Crippen LogP contribution in [0.1, 0.15) is 97.2 Å². The number of aromatic nitrogens is 1. The van der Waals surface area contributed by atoms with Crippen LogP contribution in [0.4, 0.5) is 10.5 Å². The van der Waals surface area contributed by atoms with Crippen LogP contribution in [0.5, 0.6) is 5.75 Å². The first-order chi connectivity index (χ1) is 22.8. The lowest BCUT2D eigenvalue weighted by Crippen LogP contribution is -2.53. The molecule has 2 fully saturated rings. The Bertz CT molecular complexity index is 1530. The van der Waals surface area contributed by atoms with Gasteiger partial charge in [0.25, 0.3) is 5.91 Å². The molecule has 1 aliphatic heterocycles. The second kappa shape index (κ2) is 14.8. The number of likely N-dealkylation sites (tertiary alicyclic amines) is 1. The molecular weight excluding hydrogens is 604 g/mol. The number of hydrogen-bond acceptors (Lipinski definition) is 6. The van der Waals surface area contributed by atoms with E-state index in [2.05, 4.69) is 31.1 Å². The molecule has 1 aromatic heterocycles. The maximum atomic E-state index is 15.1. The van der Waals surface area contributed by atoms with Gasteiger partial charge in [0.1, 0.15) is 29.5 Å². The Labute approximate surface area is 285 Å². The standard InChI is InChI=1S/C39H50N4O5/c1-38(2,3)28-19-21-30(22-20-28)43(34(27-14-13-23-40-25-27)35(44)41-29-15-9-7-10-16-29)36(45)33-24-32(47-31-17-11-8-12-18-31)26-42(33)37(46)48-39(4,5)6/h8,11-14,17-23,25,29,32-34H,7,9-10,15-16,24,26H2,1-6H3,(H,41,44). The lowest BCUT2D eigenvalue weighted by Gasteiger charge is -2.36. The van der Waals surface area contributed by atoms with Gasteiger partial charge in [0.05, 0.1) is 6.54 Å². The largest absolute Gasteiger partial charge is 0.488 e. The quantitative estimate of drug-likeness (QED) is 0.273. The minimum Gasteiger partial charge on any atom is -0.488 e. The first-order valence-corrected chi connectivity index (χ1v) is 17.2. The number of benzene rings is 2. The van der Waals surface area contributed by atoms with E-state index in [0.29, 0.717) is 17.0 Å². The first-order valence-electron chi connectivity index (χ1n) is 17.2. The summed E-state index contributed by atoms with van der Waals surface area (Å²) in [5.74, 6) is -0.0207. The minimum absolute atomic E-state index is 0.0269. The average molecular weight is 655 g/mol. The average Bonchev–Trinajstić information content (AvgIpc) is 3.47. The third-order valence-electron chi connectivity index (χ3n) is 8.93. The van der Waals surface area contributed by atoms with Crippen molar-refractivity contribution < 1.29 is 23.9 Å². The minimum atomic E-state index is -1.02. The molecule has 1 N–H and O–H groups in total. The molecule has 3 amide bonds. The van der Waals surface area contributed by atoms with Gasteiger partial charge in [0.15, 0.2) is 0 Å². The van der Waals surface area contributed by atoms with Crippen molar-refractivity contribution in [1.82, 2.24) is 15.2 Å². The summed E-state index contributed by atoms with van der Waals surface area (Å²) in [7, 11) is 0. The fraction of sp³-hybridized carbons (Fsp3) is 0.487. The Kier molecular flexibility index (Phi) is 10.8. The van der Waals surface area contributed by atoms with E-state index in [1.807, 2.05) is 60.7 Å². The molecule has 48 heavy (non-hydrogen) atoms. The van der Waals surface area contributed by atoms with Crippen LogP contribution >= 0.6 is 0 Å². The molecule has 9 nitrogen and oxygen atoms in total. The molecule has 5 rings (SSSR count). The van der Waals surface area contributed by atoms with E-state index >= 15 is 4.79 Å². The Morgan fingerprint density at radius 1 is 0.896 bits per heavy atom. The molecule has 3 atom stereocenters. The maximum Gasteiger partial charge on any atom is 0.411 e. The summed E-state index contributed by atoms with van der Waals surface area (Å²) in [6.07, 6.45) is 7.49. The molecule has 256 valence electrons. The molecule has 1 saturated heterocycles. The van der Waals surface area contributed by atoms with Crippen molar-refractivity contribution in [3.05, 3.63) is 90.3 Å². The molecule has 2 heterocycles. The Hall–Kier alpha value is -4.40. The van der Waals surface area contributed by atoms with Crippen LogP contribution in [-0.2, 0) is 19.7 Å². The number of para-hydroxylation sites is 1. The number of nitrogens with zero attached hydrogens (tertiary/aromatic N) is 3. The number of rotatable bonds is 8. The number of carbonyl (C=O) groups excluding carboxylic acids is 3. The smallest absolute Gasteiger partial charge is 0.411 e. The van der Waals surface area contributed by atoms with E-state index in [-0.39, 0.29) is 30.3 Å². The number of anilines is 1. The van der Waals surface area contributed by atoms with Gasteiger partial charge in [-0.25, -0.2) is 4.79 Å². The zero-order chi connectivity index (χ0) is 34.5. The number of hydrogen-bond donors (Lipinski definition) is 1. The summed E-state index contributed by atoms with van der Waals surface area (Å²) in [6, 6.07) is 18.8. The summed E-state index contributed by atoms with van der Waals surface area (Å²) in [5.41, 5.74) is 1.34. The van der Waals surface area contributed by atoms with Crippen molar-refractivity contribution in [2.24, 2.45) is 0 Å². The third kappa shape index (κ3) is 8.74. The lowest BCUT2D eigenvalue weighted by molar-refractivity contribution is -0.129. The second-order valence-electron chi connectivity index (χ2n) is 15.0. The van der Waals surface area contributed by atoms with Crippen molar-refractivity contribution in [2.45, 2.75) is 115 Å². The van der Waals surface area contributed by atoms with Gasteiger partial charge < -0.3 is 14.8 Å². The molecule has 3 unspecified atom stereocenters. The molecule has 9 heteroatoms. The summed E-state index contributed by atoms with van der Waals surface area (Å²) in [5, 5.41) is 3.26. The van der Waals surface area contributed by atoms with Crippen LogP contribution in [0.15, 0.2) is 79.1 Å². The van der Waals surface area contributed by atoms with E-state index in [4.69, 9.17) is 9.47 Å². The molecule has 1 aliphatic carbocycles. The van der Waals surface area contributed by atoms with Gasteiger partial charge in [0.2, 0.25) is 5.91 Å². The Morgan fingerprint density at radius 3 is 2.19 bits per heavy atom. The predicted molar refractivity (Wildman–Crippen MR) is 187 cm³/mol. The van der Waals surface area contributed by atoms with Gasteiger partial charge in [-0.2, -0.15) is 0 Å². The molecule has 0 bridgehead atoms. The zero-order valence-corrected chi connectivity index (χ0v) is 29.1. The number of carbonyl (C=O) groups is 3. The molecule has 1 saturated carbocycles. The zero-order valence-electron chi connectivity index (χ0n) is 29.1. The fourth-order valence-electron chi connectivity index (χ4n) is 6.50. The summed E-state index contributed by atoms with van der Waals surface area (Å²) >= 11 is 0. The number of nitrogens with one attached hydrogen (secondary N) is 1. The Balaban J connectivity index is 1.58. The predicted octanol–water partition coefficient (Wildman–Crippen LogP) is 7.36. The monoisotopic (exact) mass is 654 g/mol. The van der Waals surface area contributed by atoms with Crippen LogP contribution in [0.25, 0.3) is 0 Å². The molecule has 0 radical (unpaired) electrons. The topological polar surface area (TPSA) is 101 Å². The lowest BCUT2D eigenvalue weighted by atomic mass is 9.87. The van der Waals surface area contributed by atoms with Crippen molar-refractivity contribution in [3.63, 3.8) is 0 Å². The van der Waals surface area contributed by atoms with Gasteiger partial charge in [0, 0.05) is 36.1 Å². The Morgan fingerprint density at radius 2 is 1.58 bits per heavy atom. The van der Waals surface area contributed by atoms with Crippen molar-refractivity contribution >= 4 is 23.6 Å².